The Labute approximate surface area is 201 Å². The molecule has 0 spiro atoms. The lowest BCUT2D eigenvalue weighted by molar-refractivity contribution is 0.102. The van der Waals surface area contributed by atoms with Gasteiger partial charge in [0.25, 0.3) is 5.91 Å². The summed E-state index contributed by atoms with van der Waals surface area (Å²) < 4.78 is 8.63. The maximum absolute atomic E-state index is 12.8. The summed E-state index contributed by atoms with van der Waals surface area (Å²) in [5.74, 6) is 0.567. The second-order valence-electron chi connectivity index (χ2n) is 9.28. The van der Waals surface area contributed by atoms with E-state index in [1.165, 1.54) is 6.33 Å². The van der Waals surface area contributed by atoms with Gasteiger partial charge in [-0.25, -0.2) is 14.6 Å². The van der Waals surface area contributed by atoms with E-state index in [4.69, 9.17) is 15.6 Å². The standard InChI is InChI=1S/C24H27N9O2/c1-24(2,3)33-22-19(21(25)26-13-27-22)20(31-33)15-6-5-14-11-17(28-16(14)12-15)23(34)29-18-7-8-32(30-18)9-10-35-4/h5-8,11-13,28H,9-10H2,1-4H3,(H2,25,26,27)(H,29,30,34). The molecule has 0 saturated heterocycles. The first kappa shape index (κ1) is 22.5. The van der Waals surface area contributed by atoms with Crippen molar-refractivity contribution in [3.05, 3.63) is 48.5 Å². The summed E-state index contributed by atoms with van der Waals surface area (Å²) in [4.78, 5) is 24.6. The van der Waals surface area contributed by atoms with Crippen molar-refractivity contribution in [3.63, 3.8) is 0 Å². The Kier molecular flexibility index (Phi) is 5.48. The van der Waals surface area contributed by atoms with Crippen molar-refractivity contribution in [2.75, 3.05) is 24.8 Å². The normalized spacial score (nSPS) is 12.0. The highest BCUT2D eigenvalue weighted by Crippen LogP contribution is 2.34. The van der Waals surface area contributed by atoms with Gasteiger partial charge in [-0.3, -0.25) is 9.48 Å². The minimum Gasteiger partial charge on any atom is -0.383 e. The number of H-pyrrole nitrogens is 1. The molecule has 180 valence electrons. The fraction of sp³-hybridized carbons (Fsp3) is 0.292. The number of ether oxygens (including phenoxy) is 1. The molecule has 11 heteroatoms. The molecule has 1 aromatic carbocycles. The molecular formula is C24H27N9O2. The van der Waals surface area contributed by atoms with Crippen molar-refractivity contribution in [3.8, 4) is 11.3 Å². The topological polar surface area (TPSA) is 142 Å². The highest BCUT2D eigenvalue weighted by Gasteiger charge is 2.24. The van der Waals surface area contributed by atoms with E-state index in [1.807, 2.05) is 22.9 Å². The second-order valence-corrected chi connectivity index (χ2v) is 9.28. The van der Waals surface area contributed by atoms with Crippen LogP contribution in [0.3, 0.4) is 0 Å². The molecule has 0 aliphatic heterocycles. The number of amides is 1. The van der Waals surface area contributed by atoms with Crippen LogP contribution in [0.25, 0.3) is 33.2 Å². The van der Waals surface area contributed by atoms with Crippen molar-refractivity contribution in [2.24, 2.45) is 0 Å². The molecule has 0 radical (unpaired) electrons. The lowest BCUT2D eigenvalue weighted by Crippen LogP contribution is -2.23. The number of hydrogen-bond acceptors (Lipinski definition) is 7. The number of fused-ring (bicyclic) bond motifs is 2. The van der Waals surface area contributed by atoms with E-state index in [1.54, 1.807) is 30.1 Å². The van der Waals surface area contributed by atoms with E-state index < -0.39 is 0 Å². The van der Waals surface area contributed by atoms with Gasteiger partial charge in [0.1, 0.15) is 23.5 Å². The van der Waals surface area contributed by atoms with Gasteiger partial charge in [-0.15, -0.1) is 0 Å². The van der Waals surface area contributed by atoms with Gasteiger partial charge < -0.3 is 20.8 Å². The number of carbonyl (C=O) groups excluding carboxylic acids is 1. The molecular weight excluding hydrogens is 446 g/mol. The van der Waals surface area contributed by atoms with Gasteiger partial charge >= 0.3 is 0 Å². The van der Waals surface area contributed by atoms with Crippen LogP contribution in [0, 0.1) is 0 Å². The predicted molar refractivity (Wildman–Crippen MR) is 134 cm³/mol. The monoisotopic (exact) mass is 473 g/mol. The Morgan fingerprint density at radius 3 is 2.77 bits per heavy atom. The Balaban J connectivity index is 1.47. The van der Waals surface area contributed by atoms with Crippen LogP contribution < -0.4 is 11.1 Å². The summed E-state index contributed by atoms with van der Waals surface area (Å²) in [5.41, 5.74) is 9.37. The first-order valence-corrected chi connectivity index (χ1v) is 11.2. The number of aromatic nitrogens is 7. The second kappa shape index (κ2) is 8.51. The fourth-order valence-corrected chi connectivity index (χ4v) is 3.96. The van der Waals surface area contributed by atoms with Gasteiger partial charge in [-0.2, -0.15) is 10.2 Å². The summed E-state index contributed by atoms with van der Waals surface area (Å²) in [7, 11) is 1.63. The summed E-state index contributed by atoms with van der Waals surface area (Å²) in [6.45, 7) is 7.32. The molecule has 4 aromatic heterocycles. The first-order valence-electron chi connectivity index (χ1n) is 11.2. The maximum Gasteiger partial charge on any atom is 0.273 e. The zero-order valence-electron chi connectivity index (χ0n) is 20.0. The largest absolute Gasteiger partial charge is 0.383 e. The molecule has 4 N–H and O–H groups in total. The van der Waals surface area contributed by atoms with Gasteiger partial charge in [-0.1, -0.05) is 12.1 Å². The average Bonchev–Trinajstić information content (AvgIpc) is 3.53. The van der Waals surface area contributed by atoms with Crippen molar-refractivity contribution in [1.29, 1.82) is 0 Å². The third kappa shape index (κ3) is 4.21. The average molecular weight is 474 g/mol. The molecule has 0 saturated carbocycles. The van der Waals surface area contributed by atoms with E-state index in [9.17, 15) is 4.79 Å². The van der Waals surface area contributed by atoms with E-state index >= 15 is 0 Å². The Hall–Kier alpha value is -4.25. The fourth-order valence-electron chi connectivity index (χ4n) is 3.96. The third-order valence-corrected chi connectivity index (χ3v) is 5.68. The molecule has 5 aromatic rings. The Bertz CT molecular complexity index is 1540. The number of aromatic amines is 1. The van der Waals surface area contributed by atoms with Crippen LogP contribution in [0.4, 0.5) is 11.6 Å². The van der Waals surface area contributed by atoms with Gasteiger partial charge in [-0.05, 0) is 32.9 Å². The highest BCUT2D eigenvalue weighted by atomic mass is 16.5. The quantitative estimate of drug-likeness (QED) is 0.343. The number of anilines is 2. The Morgan fingerprint density at radius 1 is 1.17 bits per heavy atom. The number of nitrogen functional groups attached to an aromatic ring is 1. The number of nitrogens with two attached hydrogens (primary N) is 1. The van der Waals surface area contributed by atoms with Crippen molar-refractivity contribution < 1.29 is 9.53 Å². The molecule has 5 rings (SSSR count). The summed E-state index contributed by atoms with van der Waals surface area (Å²) in [6.07, 6.45) is 3.24. The molecule has 0 unspecified atom stereocenters. The number of nitrogens with one attached hydrogen (secondary N) is 2. The summed E-state index contributed by atoms with van der Waals surface area (Å²) >= 11 is 0. The highest BCUT2D eigenvalue weighted by molar-refractivity contribution is 6.06. The zero-order valence-corrected chi connectivity index (χ0v) is 20.0. The van der Waals surface area contributed by atoms with Crippen LogP contribution in [0.15, 0.2) is 42.9 Å². The van der Waals surface area contributed by atoms with Crippen LogP contribution in [0.5, 0.6) is 0 Å². The third-order valence-electron chi connectivity index (χ3n) is 5.68. The van der Waals surface area contributed by atoms with Crippen LogP contribution in [-0.4, -0.2) is 54.1 Å². The van der Waals surface area contributed by atoms with Crippen LogP contribution in [0.2, 0.25) is 0 Å². The summed E-state index contributed by atoms with van der Waals surface area (Å²) in [5, 5.41) is 13.6. The number of methoxy groups -OCH3 is 1. The first-order chi connectivity index (χ1) is 16.7. The lowest BCUT2D eigenvalue weighted by Gasteiger charge is -2.19. The number of benzene rings is 1. The minimum absolute atomic E-state index is 0.278. The van der Waals surface area contributed by atoms with E-state index in [2.05, 4.69) is 46.1 Å². The molecule has 0 atom stereocenters. The molecule has 11 nitrogen and oxygen atoms in total. The van der Waals surface area contributed by atoms with E-state index in [0.717, 1.165) is 16.5 Å². The maximum atomic E-state index is 12.8. The van der Waals surface area contributed by atoms with Crippen molar-refractivity contribution in [2.45, 2.75) is 32.9 Å². The lowest BCUT2D eigenvalue weighted by atomic mass is 10.1. The predicted octanol–water partition coefficient (Wildman–Crippen LogP) is 3.41. The molecule has 1 amide bonds. The molecule has 0 bridgehead atoms. The van der Waals surface area contributed by atoms with Gasteiger partial charge in [0.15, 0.2) is 11.5 Å². The number of hydrogen-bond donors (Lipinski definition) is 3. The van der Waals surface area contributed by atoms with Gasteiger partial charge in [0, 0.05) is 35.8 Å². The minimum atomic E-state index is -0.296. The number of rotatable bonds is 6. The zero-order chi connectivity index (χ0) is 24.7. The van der Waals surface area contributed by atoms with E-state index in [0.29, 0.717) is 47.2 Å². The Morgan fingerprint density at radius 2 is 2.00 bits per heavy atom. The van der Waals surface area contributed by atoms with Gasteiger partial charge in [0.05, 0.1) is 24.1 Å². The van der Waals surface area contributed by atoms with Crippen molar-refractivity contribution >= 4 is 39.5 Å². The molecule has 4 heterocycles. The van der Waals surface area contributed by atoms with Crippen LogP contribution in [0.1, 0.15) is 31.3 Å². The van der Waals surface area contributed by atoms with E-state index in [-0.39, 0.29) is 11.4 Å². The molecule has 0 fully saturated rings. The summed E-state index contributed by atoms with van der Waals surface area (Å²) in [6, 6.07) is 9.40. The van der Waals surface area contributed by atoms with Gasteiger partial charge in [0.2, 0.25) is 0 Å². The molecule has 35 heavy (non-hydrogen) atoms. The van der Waals surface area contributed by atoms with Crippen molar-refractivity contribution in [1.82, 2.24) is 34.5 Å². The number of nitrogens with zero attached hydrogens (tertiary/aromatic N) is 6. The SMILES string of the molecule is COCCn1ccc(NC(=O)c2cc3ccc(-c4nn(C(C)(C)C)c5ncnc(N)c45)cc3[nH]2)n1. The van der Waals surface area contributed by atoms with Crippen LogP contribution in [-0.2, 0) is 16.8 Å². The molecule has 0 aliphatic rings. The number of carbonyl (C=O) groups is 1. The van der Waals surface area contributed by atoms with Crippen LogP contribution >= 0.6 is 0 Å². The molecule has 0 aliphatic carbocycles. The smallest absolute Gasteiger partial charge is 0.273 e.